The molecule has 1 aromatic rings. The van der Waals surface area contributed by atoms with Crippen molar-refractivity contribution in [2.75, 3.05) is 13.7 Å². The van der Waals surface area contributed by atoms with Gasteiger partial charge in [-0.3, -0.25) is 0 Å². The predicted molar refractivity (Wildman–Crippen MR) is 65.6 cm³/mol. The molecule has 0 unspecified atom stereocenters. The summed E-state index contributed by atoms with van der Waals surface area (Å²) in [5, 5.41) is 12.8. The van der Waals surface area contributed by atoms with E-state index in [2.05, 4.69) is 5.32 Å². The molecule has 1 aromatic carbocycles. The van der Waals surface area contributed by atoms with Gasteiger partial charge in [0.15, 0.2) is 0 Å². The van der Waals surface area contributed by atoms with Gasteiger partial charge in [0, 0.05) is 12.1 Å². The number of para-hydroxylation sites is 1. The van der Waals surface area contributed by atoms with Crippen molar-refractivity contribution >= 4 is 0 Å². The van der Waals surface area contributed by atoms with Gasteiger partial charge >= 0.3 is 0 Å². The Morgan fingerprint density at radius 1 is 1.31 bits per heavy atom. The van der Waals surface area contributed by atoms with Gasteiger partial charge < -0.3 is 15.2 Å². The number of nitrogens with one attached hydrogen (secondary N) is 1. The van der Waals surface area contributed by atoms with Crippen molar-refractivity contribution < 1.29 is 9.84 Å². The van der Waals surface area contributed by atoms with E-state index < -0.39 is 5.60 Å². The summed E-state index contributed by atoms with van der Waals surface area (Å²) in [7, 11) is 1.68. The molecule has 16 heavy (non-hydrogen) atoms. The van der Waals surface area contributed by atoms with Gasteiger partial charge in [-0.05, 0) is 32.9 Å². The fourth-order valence-electron chi connectivity index (χ4n) is 1.47. The monoisotopic (exact) mass is 223 g/mol. The Balaban J connectivity index is 2.37. The Labute approximate surface area is 97.4 Å². The third-order valence-corrected chi connectivity index (χ3v) is 2.42. The van der Waals surface area contributed by atoms with Crippen LogP contribution in [-0.2, 0) is 6.54 Å². The molecule has 0 saturated heterocycles. The Morgan fingerprint density at radius 2 is 2.00 bits per heavy atom. The molecule has 0 heterocycles. The molecule has 0 bridgehead atoms. The second-order valence-electron chi connectivity index (χ2n) is 4.55. The minimum Gasteiger partial charge on any atom is -0.496 e. The first kappa shape index (κ1) is 13.0. The second-order valence-corrected chi connectivity index (χ2v) is 4.55. The van der Waals surface area contributed by atoms with Crippen molar-refractivity contribution in [1.82, 2.24) is 5.32 Å². The topological polar surface area (TPSA) is 41.5 Å². The maximum absolute atomic E-state index is 9.55. The maximum Gasteiger partial charge on any atom is 0.123 e. The van der Waals surface area contributed by atoms with Gasteiger partial charge in [0.05, 0.1) is 12.7 Å². The lowest BCUT2D eigenvalue weighted by atomic mass is 10.1. The second kappa shape index (κ2) is 5.87. The summed E-state index contributed by atoms with van der Waals surface area (Å²) in [5.41, 5.74) is 0.536. The molecule has 0 aliphatic rings. The van der Waals surface area contributed by atoms with Gasteiger partial charge in [0.2, 0.25) is 0 Å². The minimum absolute atomic E-state index is 0.603. The Bertz CT molecular complexity index is 318. The highest BCUT2D eigenvalue weighted by Gasteiger charge is 2.11. The maximum atomic E-state index is 9.55. The van der Waals surface area contributed by atoms with Gasteiger partial charge in [0.1, 0.15) is 5.75 Å². The van der Waals surface area contributed by atoms with Crippen molar-refractivity contribution in [3.8, 4) is 5.75 Å². The lowest BCUT2D eigenvalue weighted by Gasteiger charge is -2.17. The predicted octanol–water partition coefficient (Wildman–Crippen LogP) is 1.95. The first-order chi connectivity index (χ1) is 7.53. The Hall–Kier alpha value is -1.06. The van der Waals surface area contributed by atoms with E-state index in [0.29, 0.717) is 0 Å². The normalized spacial score (nSPS) is 11.5. The molecule has 0 radical (unpaired) electrons. The van der Waals surface area contributed by atoms with E-state index in [-0.39, 0.29) is 0 Å². The molecule has 0 aromatic heterocycles. The van der Waals surface area contributed by atoms with E-state index in [4.69, 9.17) is 4.74 Å². The molecule has 90 valence electrons. The Morgan fingerprint density at radius 3 is 2.62 bits per heavy atom. The summed E-state index contributed by atoms with van der Waals surface area (Å²) in [6.45, 7) is 5.19. The van der Waals surface area contributed by atoms with Gasteiger partial charge in [0.25, 0.3) is 0 Å². The molecule has 0 atom stereocenters. The zero-order valence-corrected chi connectivity index (χ0v) is 10.3. The van der Waals surface area contributed by atoms with Crippen LogP contribution in [-0.4, -0.2) is 24.4 Å². The number of hydrogen-bond acceptors (Lipinski definition) is 3. The highest BCUT2D eigenvalue weighted by molar-refractivity contribution is 5.32. The molecular weight excluding hydrogens is 202 g/mol. The van der Waals surface area contributed by atoms with Gasteiger partial charge in [-0.2, -0.15) is 0 Å². The van der Waals surface area contributed by atoms with Crippen molar-refractivity contribution in [3.63, 3.8) is 0 Å². The van der Waals surface area contributed by atoms with Crippen LogP contribution >= 0.6 is 0 Å². The van der Waals surface area contributed by atoms with Crippen LogP contribution in [0.25, 0.3) is 0 Å². The first-order valence-electron chi connectivity index (χ1n) is 5.58. The first-order valence-corrected chi connectivity index (χ1v) is 5.58. The van der Waals surface area contributed by atoms with E-state index in [1.165, 1.54) is 0 Å². The molecule has 0 aliphatic heterocycles. The van der Waals surface area contributed by atoms with E-state index in [1.807, 2.05) is 38.1 Å². The van der Waals surface area contributed by atoms with Crippen LogP contribution in [0, 0.1) is 0 Å². The lowest BCUT2D eigenvalue weighted by Crippen LogP contribution is -2.26. The van der Waals surface area contributed by atoms with Crippen LogP contribution in [0.2, 0.25) is 0 Å². The summed E-state index contributed by atoms with van der Waals surface area (Å²) in [5.74, 6) is 0.901. The average molecular weight is 223 g/mol. The molecule has 0 amide bonds. The van der Waals surface area contributed by atoms with Crippen LogP contribution in [0.1, 0.15) is 25.8 Å². The van der Waals surface area contributed by atoms with E-state index >= 15 is 0 Å². The fraction of sp³-hybridized carbons (Fsp3) is 0.538. The standard InChI is InChI=1S/C13H21NO2/c1-13(2,15)8-9-14-10-11-6-4-5-7-12(11)16-3/h4-7,14-15H,8-10H2,1-3H3. The molecule has 2 N–H and O–H groups in total. The zero-order chi connectivity index (χ0) is 12.0. The van der Waals surface area contributed by atoms with Crippen LogP contribution in [0.4, 0.5) is 0 Å². The number of hydrogen-bond donors (Lipinski definition) is 2. The van der Waals surface area contributed by atoms with Crippen molar-refractivity contribution in [3.05, 3.63) is 29.8 Å². The number of ether oxygens (including phenoxy) is 1. The number of aliphatic hydroxyl groups is 1. The van der Waals surface area contributed by atoms with Gasteiger partial charge in [-0.1, -0.05) is 18.2 Å². The summed E-state index contributed by atoms with van der Waals surface area (Å²) in [6, 6.07) is 7.94. The van der Waals surface area contributed by atoms with Crippen LogP contribution in [0.3, 0.4) is 0 Å². The van der Waals surface area contributed by atoms with Gasteiger partial charge in [-0.15, -0.1) is 0 Å². The molecular formula is C13H21NO2. The minimum atomic E-state index is -0.603. The molecule has 1 rings (SSSR count). The van der Waals surface area contributed by atoms with Crippen molar-refractivity contribution in [1.29, 1.82) is 0 Å². The quantitative estimate of drug-likeness (QED) is 0.724. The number of rotatable bonds is 6. The average Bonchev–Trinajstić information content (AvgIpc) is 2.23. The van der Waals surface area contributed by atoms with Crippen LogP contribution in [0.15, 0.2) is 24.3 Å². The molecule has 0 aliphatic carbocycles. The SMILES string of the molecule is COc1ccccc1CNCCC(C)(C)O. The number of methoxy groups -OCH3 is 1. The summed E-state index contributed by atoms with van der Waals surface area (Å²) >= 11 is 0. The van der Waals surface area contributed by atoms with Crippen LogP contribution < -0.4 is 10.1 Å². The summed E-state index contributed by atoms with van der Waals surface area (Å²) in [6.07, 6.45) is 0.738. The third kappa shape index (κ3) is 4.64. The smallest absolute Gasteiger partial charge is 0.123 e. The van der Waals surface area contributed by atoms with Gasteiger partial charge in [-0.25, -0.2) is 0 Å². The van der Waals surface area contributed by atoms with Crippen molar-refractivity contribution in [2.24, 2.45) is 0 Å². The fourth-order valence-corrected chi connectivity index (χ4v) is 1.47. The highest BCUT2D eigenvalue weighted by atomic mass is 16.5. The summed E-state index contributed by atoms with van der Waals surface area (Å²) in [4.78, 5) is 0. The zero-order valence-electron chi connectivity index (χ0n) is 10.3. The number of benzene rings is 1. The Kier molecular flexibility index (Phi) is 4.77. The lowest BCUT2D eigenvalue weighted by molar-refractivity contribution is 0.0711. The summed E-state index contributed by atoms with van der Waals surface area (Å²) < 4.78 is 5.25. The molecule has 3 heteroatoms. The highest BCUT2D eigenvalue weighted by Crippen LogP contribution is 2.16. The van der Waals surface area contributed by atoms with E-state index in [0.717, 1.165) is 30.8 Å². The van der Waals surface area contributed by atoms with E-state index in [1.54, 1.807) is 7.11 Å². The van der Waals surface area contributed by atoms with E-state index in [9.17, 15) is 5.11 Å². The van der Waals surface area contributed by atoms with Crippen LogP contribution in [0.5, 0.6) is 5.75 Å². The molecule has 3 nitrogen and oxygen atoms in total. The molecule has 0 saturated carbocycles. The van der Waals surface area contributed by atoms with Crippen molar-refractivity contribution in [2.45, 2.75) is 32.4 Å². The molecule has 0 spiro atoms. The largest absolute Gasteiger partial charge is 0.496 e. The third-order valence-electron chi connectivity index (χ3n) is 2.42. The molecule has 0 fully saturated rings.